The molecule has 0 amide bonds. The van der Waals surface area contributed by atoms with E-state index < -0.39 is 53.3 Å². The van der Waals surface area contributed by atoms with Crippen LogP contribution in [0.1, 0.15) is 22.3 Å². The van der Waals surface area contributed by atoms with Gasteiger partial charge in [0.15, 0.2) is 7.37 Å². The molecule has 16 heteroatoms. The van der Waals surface area contributed by atoms with E-state index in [1.165, 1.54) is 6.66 Å². The number of carboxylic acids is 2. The number of carboxylic acid groups (broad SMARTS) is 2. The second-order valence-electron chi connectivity index (χ2n) is 6.99. The van der Waals surface area contributed by atoms with Crippen LogP contribution in [0.4, 0.5) is 18.9 Å². The Balaban J connectivity index is 0.000000471. The summed E-state index contributed by atoms with van der Waals surface area (Å²) in [6.45, 7) is 1.18. The quantitative estimate of drug-likeness (QED) is 0.210. The van der Waals surface area contributed by atoms with Gasteiger partial charge in [-0.25, -0.2) is 4.79 Å². The zero-order valence-electron chi connectivity index (χ0n) is 17.7. The number of carbonyl (C=O) groups is 2. The van der Waals surface area contributed by atoms with Gasteiger partial charge < -0.3 is 25.6 Å². The molecular weight excluding hydrogens is 524 g/mol. The average molecular weight is 543 g/mol. The molecule has 0 saturated carbocycles. The third-order valence-electron chi connectivity index (χ3n) is 4.05. The van der Waals surface area contributed by atoms with Crippen molar-refractivity contribution in [1.29, 1.82) is 0 Å². The molecule has 35 heavy (non-hydrogen) atoms. The molecule has 2 unspecified atom stereocenters. The summed E-state index contributed by atoms with van der Waals surface area (Å²) in [5, 5.41) is 27.7. The van der Waals surface area contributed by atoms with E-state index in [0.717, 1.165) is 30.3 Å². The summed E-state index contributed by atoms with van der Waals surface area (Å²) >= 11 is 5.72. The molecule has 0 aliphatic carbocycles. The molecule has 2 aromatic carbocycles. The fourth-order valence-corrected chi connectivity index (χ4v) is 3.27. The predicted octanol–water partition coefficient (Wildman–Crippen LogP) is 4.45. The smallest absolute Gasteiger partial charge is 0.416 e. The van der Waals surface area contributed by atoms with Gasteiger partial charge in [-0.15, -0.1) is 0 Å². The Hall–Kier alpha value is -3.19. The monoisotopic (exact) mass is 542 g/mol. The van der Waals surface area contributed by atoms with Crippen molar-refractivity contribution in [3.8, 4) is 11.5 Å². The van der Waals surface area contributed by atoms with Crippen LogP contribution >= 0.6 is 19.0 Å². The number of rotatable bonds is 8. The highest BCUT2D eigenvalue weighted by atomic mass is 35.5. The maximum absolute atomic E-state index is 12.6. The maximum atomic E-state index is 12.6. The van der Waals surface area contributed by atoms with Crippen molar-refractivity contribution in [3.05, 3.63) is 62.7 Å². The molecule has 0 heterocycles. The van der Waals surface area contributed by atoms with Gasteiger partial charge in [-0.1, -0.05) is 11.6 Å². The fraction of sp³-hybridized carbons (Fsp3) is 0.263. The van der Waals surface area contributed by atoms with E-state index in [4.69, 9.17) is 37.2 Å². The van der Waals surface area contributed by atoms with E-state index in [-0.39, 0.29) is 29.1 Å². The minimum atomic E-state index is -4.58. The van der Waals surface area contributed by atoms with Crippen molar-refractivity contribution in [2.24, 2.45) is 5.73 Å². The number of hydrogen-bond acceptors (Lipinski definition) is 7. The summed E-state index contributed by atoms with van der Waals surface area (Å²) in [6.07, 6.45) is -4.58. The SMILES string of the molecule is CP(=O)(O)CCC(N)C(=O)O.O=C(O)c1cc(Oc2ccc(C(F)(F)F)cc2Cl)ccc1[N+](=O)[O-]. The summed E-state index contributed by atoms with van der Waals surface area (Å²) in [4.78, 5) is 39.8. The lowest BCUT2D eigenvalue weighted by Crippen LogP contribution is -2.30. The third-order valence-corrected chi connectivity index (χ3v) is 5.44. The van der Waals surface area contributed by atoms with Gasteiger partial charge in [0.25, 0.3) is 5.69 Å². The van der Waals surface area contributed by atoms with Gasteiger partial charge in [0.1, 0.15) is 23.1 Å². The first-order valence-electron chi connectivity index (χ1n) is 9.26. The Kier molecular flexibility index (Phi) is 10.2. The van der Waals surface area contributed by atoms with Gasteiger partial charge in [-0.2, -0.15) is 13.2 Å². The second-order valence-corrected chi connectivity index (χ2v) is 9.95. The average Bonchev–Trinajstić information content (AvgIpc) is 2.72. The van der Waals surface area contributed by atoms with Gasteiger partial charge in [0.05, 0.1) is 15.5 Å². The minimum absolute atomic E-state index is 0.0412. The summed E-state index contributed by atoms with van der Waals surface area (Å²) in [5.41, 5.74) is 2.85. The number of nitro benzene ring substituents is 1. The molecule has 2 aromatic rings. The van der Waals surface area contributed by atoms with E-state index in [9.17, 15) is 37.4 Å². The zero-order chi connectivity index (χ0) is 27.1. The van der Waals surface area contributed by atoms with E-state index in [2.05, 4.69) is 0 Å². The van der Waals surface area contributed by atoms with E-state index in [1.54, 1.807) is 0 Å². The number of nitrogens with zero attached hydrogens (tertiary/aromatic N) is 1. The van der Waals surface area contributed by atoms with Gasteiger partial charge in [-0.05, 0) is 30.7 Å². The maximum Gasteiger partial charge on any atom is 0.416 e. The Morgan fingerprint density at radius 3 is 2.26 bits per heavy atom. The third kappa shape index (κ3) is 9.91. The van der Waals surface area contributed by atoms with E-state index in [0.29, 0.717) is 6.07 Å². The summed E-state index contributed by atoms with van der Waals surface area (Å²) < 4.78 is 53.5. The minimum Gasteiger partial charge on any atom is -0.480 e. The molecule has 0 spiro atoms. The van der Waals surface area contributed by atoms with Gasteiger partial charge >= 0.3 is 18.1 Å². The van der Waals surface area contributed by atoms with Crippen molar-refractivity contribution in [2.75, 3.05) is 12.8 Å². The van der Waals surface area contributed by atoms with Crippen LogP contribution in [0.15, 0.2) is 36.4 Å². The summed E-state index contributed by atoms with van der Waals surface area (Å²) in [5.74, 6) is -2.97. The van der Waals surface area contributed by atoms with Gasteiger partial charge in [0, 0.05) is 25.0 Å². The Labute approximate surface area is 200 Å². The van der Waals surface area contributed by atoms with Crippen LogP contribution in [0.2, 0.25) is 5.02 Å². The highest BCUT2D eigenvalue weighted by Gasteiger charge is 2.31. The first kappa shape index (κ1) is 29.8. The lowest BCUT2D eigenvalue weighted by atomic mass is 10.1. The Morgan fingerprint density at radius 2 is 1.83 bits per heavy atom. The number of nitrogens with two attached hydrogens (primary N) is 1. The summed E-state index contributed by atoms with van der Waals surface area (Å²) in [7, 11) is -3.10. The van der Waals surface area contributed by atoms with Crippen LogP contribution < -0.4 is 10.5 Å². The fourth-order valence-electron chi connectivity index (χ4n) is 2.30. The molecule has 0 bridgehead atoms. The molecule has 0 aromatic heterocycles. The molecule has 0 fully saturated rings. The normalized spacial score (nSPS) is 13.6. The highest BCUT2D eigenvalue weighted by molar-refractivity contribution is 7.57. The van der Waals surface area contributed by atoms with Gasteiger partial charge in [0.2, 0.25) is 0 Å². The zero-order valence-corrected chi connectivity index (χ0v) is 19.4. The predicted molar refractivity (Wildman–Crippen MR) is 117 cm³/mol. The number of halogens is 4. The number of benzene rings is 2. The van der Waals surface area contributed by atoms with Crippen LogP contribution in [0.25, 0.3) is 0 Å². The first-order chi connectivity index (χ1) is 15.9. The van der Waals surface area contributed by atoms with Crippen molar-refractivity contribution < 1.29 is 52.1 Å². The van der Waals surface area contributed by atoms with Gasteiger partial charge in [-0.3, -0.25) is 19.5 Å². The van der Waals surface area contributed by atoms with Crippen molar-refractivity contribution in [3.63, 3.8) is 0 Å². The Bertz CT molecular complexity index is 1150. The van der Waals surface area contributed by atoms with Crippen molar-refractivity contribution >= 4 is 36.6 Å². The van der Waals surface area contributed by atoms with Crippen LogP contribution in [-0.4, -0.2) is 50.8 Å². The molecule has 0 saturated heterocycles. The van der Waals surface area contributed by atoms with Crippen LogP contribution in [0.5, 0.6) is 11.5 Å². The van der Waals surface area contributed by atoms with E-state index in [1.807, 2.05) is 0 Å². The molecule has 5 N–H and O–H groups in total. The van der Waals surface area contributed by atoms with E-state index >= 15 is 0 Å². The summed E-state index contributed by atoms with van der Waals surface area (Å²) in [6, 6.07) is 4.23. The molecule has 0 aliphatic rings. The van der Waals surface area contributed by atoms with Crippen LogP contribution in [0.3, 0.4) is 0 Å². The molecule has 2 rings (SSSR count). The number of aromatic carboxylic acids is 1. The largest absolute Gasteiger partial charge is 0.480 e. The number of nitro groups is 1. The van der Waals surface area contributed by atoms with Crippen LogP contribution in [-0.2, 0) is 15.5 Å². The Morgan fingerprint density at radius 1 is 1.23 bits per heavy atom. The number of ether oxygens (including phenoxy) is 1. The standard InChI is InChI=1S/C14H7ClF3NO5.C5H12NO4P/c15-10-5-7(14(16,17)18)1-4-12(10)24-8-2-3-11(19(22)23)9(6-8)13(20)21;1-11(9,10)3-2-4(6)5(7)8/h1-6H,(H,20,21);4H,2-3,6H2,1H3,(H,7,8)(H,9,10). The molecule has 192 valence electrons. The molecule has 2 atom stereocenters. The second kappa shape index (κ2) is 12.0. The first-order valence-corrected chi connectivity index (χ1v) is 11.9. The number of aliphatic carboxylic acids is 1. The molecular formula is C19H19ClF3N2O9P. The van der Waals surface area contributed by atoms with Crippen LogP contribution in [0, 0.1) is 10.1 Å². The molecule has 0 radical (unpaired) electrons. The molecule has 0 aliphatic heterocycles. The molecule has 11 nitrogen and oxygen atoms in total. The number of hydrogen-bond donors (Lipinski definition) is 4. The topological polar surface area (TPSA) is 190 Å². The van der Waals surface area contributed by atoms with Crippen molar-refractivity contribution in [2.45, 2.75) is 18.6 Å². The lowest BCUT2D eigenvalue weighted by Gasteiger charge is -2.11. The highest BCUT2D eigenvalue weighted by Crippen LogP contribution is 2.37. The lowest BCUT2D eigenvalue weighted by molar-refractivity contribution is -0.385. The number of alkyl halides is 3. The van der Waals surface area contributed by atoms with Crippen molar-refractivity contribution in [1.82, 2.24) is 0 Å².